The van der Waals surface area contributed by atoms with Crippen LogP contribution >= 0.6 is 23.6 Å². The Morgan fingerprint density at radius 3 is 2.63 bits per heavy atom. The molecular formula is C21H21N3O4S2. The molecule has 156 valence electrons. The highest BCUT2D eigenvalue weighted by atomic mass is 32.1. The molecule has 0 aliphatic carbocycles. The number of thiazole rings is 1. The first-order chi connectivity index (χ1) is 14.4. The zero-order chi connectivity index (χ0) is 21.8. The summed E-state index contributed by atoms with van der Waals surface area (Å²) in [5, 5.41) is 2.85. The lowest BCUT2D eigenvalue weighted by Gasteiger charge is -2.12. The SMILES string of the molecule is COC(=O)c1ccc(C)c(-n2c(N)c(C(=O)NCc3ccccc3OC)sc2=S)c1. The lowest BCUT2D eigenvalue weighted by atomic mass is 10.1. The highest BCUT2D eigenvalue weighted by molar-refractivity contribution is 7.73. The number of ether oxygens (including phenoxy) is 2. The number of nitrogens with one attached hydrogen (secondary N) is 1. The van der Waals surface area contributed by atoms with Gasteiger partial charge in [0.2, 0.25) is 0 Å². The molecule has 0 saturated carbocycles. The monoisotopic (exact) mass is 443 g/mol. The number of benzene rings is 2. The van der Waals surface area contributed by atoms with E-state index in [0.717, 1.165) is 22.5 Å². The molecule has 1 heterocycles. The molecule has 1 aromatic heterocycles. The lowest BCUT2D eigenvalue weighted by Crippen LogP contribution is -2.23. The Bertz CT molecular complexity index is 1170. The molecule has 3 rings (SSSR count). The van der Waals surface area contributed by atoms with E-state index in [4.69, 9.17) is 27.4 Å². The summed E-state index contributed by atoms with van der Waals surface area (Å²) in [4.78, 5) is 25.0. The van der Waals surface area contributed by atoms with E-state index in [9.17, 15) is 9.59 Å². The summed E-state index contributed by atoms with van der Waals surface area (Å²) in [6.45, 7) is 2.15. The van der Waals surface area contributed by atoms with E-state index in [1.807, 2.05) is 31.2 Å². The van der Waals surface area contributed by atoms with Gasteiger partial charge < -0.3 is 20.5 Å². The van der Waals surface area contributed by atoms with Gasteiger partial charge in [-0.3, -0.25) is 9.36 Å². The number of hydrogen-bond acceptors (Lipinski definition) is 7. The number of nitrogen functional groups attached to an aromatic ring is 1. The summed E-state index contributed by atoms with van der Waals surface area (Å²) in [6.07, 6.45) is 0. The number of esters is 1. The van der Waals surface area contributed by atoms with Gasteiger partial charge in [0.05, 0.1) is 25.5 Å². The second-order valence-electron chi connectivity index (χ2n) is 6.41. The van der Waals surface area contributed by atoms with Crippen LogP contribution in [0.25, 0.3) is 5.69 Å². The van der Waals surface area contributed by atoms with Gasteiger partial charge >= 0.3 is 5.97 Å². The van der Waals surface area contributed by atoms with E-state index in [1.54, 1.807) is 29.9 Å². The number of hydrogen-bond donors (Lipinski definition) is 2. The van der Waals surface area contributed by atoms with Gasteiger partial charge in [-0.25, -0.2) is 4.79 Å². The minimum Gasteiger partial charge on any atom is -0.496 e. The van der Waals surface area contributed by atoms with E-state index >= 15 is 0 Å². The van der Waals surface area contributed by atoms with Crippen molar-refractivity contribution in [1.82, 2.24) is 9.88 Å². The van der Waals surface area contributed by atoms with Crippen molar-refractivity contribution in [3.8, 4) is 11.4 Å². The maximum absolute atomic E-state index is 12.8. The molecule has 30 heavy (non-hydrogen) atoms. The molecule has 3 N–H and O–H groups in total. The maximum atomic E-state index is 12.8. The number of anilines is 1. The van der Waals surface area contributed by atoms with Gasteiger partial charge in [0, 0.05) is 12.1 Å². The summed E-state index contributed by atoms with van der Waals surface area (Å²) in [5.41, 5.74) is 8.98. The zero-order valence-electron chi connectivity index (χ0n) is 16.7. The number of carbonyl (C=O) groups excluding carboxylic acids is 2. The number of amides is 1. The van der Waals surface area contributed by atoms with Crippen LogP contribution in [-0.4, -0.2) is 30.7 Å². The van der Waals surface area contributed by atoms with E-state index < -0.39 is 5.97 Å². The van der Waals surface area contributed by atoms with Crippen molar-refractivity contribution in [3.63, 3.8) is 0 Å². The number of nitrogens with two attached hydrogens (primary N) is 1. The summed E-state index contributed by atoms with van der Waals surface area (Å²) >= 11 is 6.57. The molecular weight excluding hydrogens is 422 g/mol. The van der Waals surface area contributed by atoms with Gasteiger partial charge in [0.15, 0.2) is 3.95 Å². The van der Waals surface area contributed by atoms with Crippen LogP contribution in [0.5, 0.6) is 5.75 Å². The number of para-hydroxylation sites is 1. The molecule has 0 aliphatic heterocycles. The number of nitrogens with zero attached hydrogens (tertiary/aromatic N) is 1. The predicted octanol–water partition coefficient (Wildman–Crippen LogP) is 3.88. The van der Waals surface area contributed by atoms with Crippen LogP contribution in [0.4, 0.5) is 5.82 Å². The van der Waals surface area contributed by atoms with Gasteiger partial charge in [-0.15, -0.1) is 0 Å². The third-order valence-corrected chi connectivity index (χ3v) is 5.94. The van der Waals surface area contributed by atoms with Crippen molar-refractivity contribution < 1.29 is 19.1 Å². The minimum atomic E-state index is -0.466. The van der Waals surface area contributed by atoms with Crippen molar-refractivity contribution in [1.29, 1.82) is 0 Å². The fourth-order valence-electron chi connectivity index (χ4n) is 2.98. The van der Waals surface area contributed by atoms with Crippen LogP contribution < -0.4 is 15.8 Å². The van der Waals surface area contributed by atoms with Gasteiger partial charge in [-0.05, 0) is 42.9 Å². The van der Waals surface area contributed by atoms with E-state index in [1.165, 1.54) is 7.11 Å². The first kappa shape index (κ1) is 21.5. The standard InChI is InChI=1S/C21H21N3O4S2/c1-12-8-9-13(20(26)28-3)10-15(12)24-18(22)17(30-21(24)29)19(25)23-11-14-6-4-5-7-16(14)27-2/h4-10H,11,22H2,1-3H3,(H,23,25). The van der Waals surface area contributed by atoms with Crippen LogP contribution in [-0.2, 0) is 11.3 Å². The average Bonchev–Trinajstić information content (AvgIpc) is 3.06. The smallest absolute Gasteiger partial charge is 0.337 e. The molecule has 0 bridgehead atoms. The van der Waals surface area contributed by atoms with Gasteiger partial charge in [-0.1, -0.05) is 35.6 Å². The Morgan fingerprint density at radius 1 is 1.20 bits per heavy atom. The van der Waals surface area contributed by atoms with Crippen molar-refractivity contribution in [2.45, 2.75) is 13.5 Å². The molecule has 1 amide bonds. The van der Waals surface area contributed by atoms with Gasteiger partial charge in [-0.2, -0.15) is 0 Å². The molecule has 3 aromatic rings. The first-order valence-electron chi connectivity index (χ1n) is 8.98. The molecule has 0 fully saturated rings. The van der Waals surface area contributed by atoms with Crippen molar-refractivity contribution in [3.05, 3.63) is 68.0 Å². The summed E-state index contributed by atoms with van der Waals surface area (Å²) < 4.78 is 12.1. The van der Waals surface area contributed by atoms with E-state index in [2.05, 4.69) is 5.32 Å². The zero-order valence-corrected chi connectivity index (χ0v) is 18.4. The summed E-state index contributed by atoms with van der Waals surface area (Å²) in [6, 6.07) is 12.5. The Labute approximate surface area is 183 Å². The molecule has 0 spiro atoms. The largest absolute Gasteiger partial charge is 0.496 e. The van der Waals surface area contributed by atoms with E-state index in [-0.39, 0.29) is 18.3 Å². The molecule has 7 nitrogen and oxygen atoms in total. The second kappa shape index (κ2) is 9.10. The number of aryl methyl sites for hydroxylation is 1. The number of carbonyl (C=O) groups is 2. The summed E-state index contributed by atoms with van der Waals surface area (Å²) in [5.74, 6) is 0.0974. The van der Waals surface area contributed by atoms with Crippen molar-refractivity contribution in [2.75, 3.05) is 20.0 Å². The lowest BCUT2D eigenvalue weighted by molar-refractivity contribution is 0.0600. The molecule has 9 heteroatoms. The summed E-state index contributed by atoms with van der Waals surface area (Å²) in [7, 11) is 2.89. The average molecular weight is 444 g/mol. The highest BCUT2D eigenvalue weighted by Gasteiger charge is 2.20. The Morgan fingerprint density at radius 2 is 1.93 bits per heavy atom. The maximum Gasteiger partial charge on any atom is 0.337 e. The topological polar surface area (TPSA) is 95.6 Å². The van der Waals surface area contributed by atoms with Crippen molar-refractivity contribution >= 4 is 41.2 Å². The first-order valence-corrected chi connectivity index (χ1v) is 10.2. The van der Waals surface area contributed by atoms with Crippen molar-refractivity contribution in [2.24, 2.45) is 0 Å². The van der Waals surface area contributed by atoms with Crippen LogP contribution in [0.3, 0.4) is 0 Å². The second-order valence-corrected chi connectivity index (χ2v) is 8.05. The van der Waals surface area contributed by atoms with Gasteiger partial charge in [0.25, 0.3) is 5.91 Å². The third-order valence-electron chi connectivity index (χ3n) is 4.55. The molecule has 0 atom stereocenters. The number of methoxy groups -OCH3 is 2. The fourth-order valence-corrected chi connectivity index (χ4v) is 4.25. The van der Waals surface area contributed by atoms with Gasteiger partial charge in [0.1, 0.15) is 16.4 Å². The molecule has 0 radical (unpaired) electrons. The Balaban J connectivity index is 1.92. The molecule has 0 saturated heterocycles. The Kier molecular flexibility index (Phi) is 6.53. The molecule has 0 unspecified atom stereocenters. The molecule has 2 aromatic carbocycles. The molecule has 0 aliphatic rings. The predicted molar refractivity (Wildman–Crippen MR) is 119 cm³/mol. The van der Waals surface area contributed by atoms with Crippen LogP contribution in [0.2, 0.25) is 0 Å². The normalized spacial score (nSPS) is 10.5. The quantitative estimate of drug-likeness (QED) is 0.443. The Hall–Kier alpha value is -3.17. The number of aromatic nitrogens is 1. The fraction of sp³-hybridized carbons (Fsp3) is 0.190. The highest BCUT2D eigenvalue weighted by Crippen LogP contribution is 2.29. The number of rotatable bonds is 6. The van der Waals surface area contributed by atoms with E-state index in [0.29, 0.717) is 25.8 Å². The van der Waals surface area contributed by atoms with Crippen LogP contribution in [0, 0.1) is 10.9 Å². The van der Waals surface area contributed by atoms with Crippen LogP contribution in [0.1, 0.15) is 31.2 Å². The van der Waals surface area contributed by atoms with Crippen LogP contribution in [0.15, 0.2) is 42.5 Å². The third kappa shape index (κ3) is 4.22. The minimum absolute atomic E-state index is 0.215.